The average Bonchev–Trinajstić information content (AvgIpc) is 3.75. The molecule has 1 atom stereocenters. The molecule has 10 rings (SSSR count). The van der Waals surface area contributed by atoms with Crippen molar-refractivity contribution in [2.24, 2.45) is 0 Å². The summed E-state index contributed by atoms with van der Waals surface area (Å²) in [6.07, 6.45) is 7.46. The molecule has 1 unspecified atom stereocenters. The monoisotopic (exact) mass is 712 g/mol. The first-order valence-corrected chi connectivity index (χ1v) is 19.2. The van der Waals surface area contributed by atoms with Crippen LogP contribution in [0.3, 0.4) is 0 Å². The molecular formula is C50H40N4O. The molecule has 0 radical (unpaired) electrons. The Kier molecular flexibility index (Phi) is 8.04. The van der Waals surface area contributed by atoms with Gasteiger partial charge in [-0.2, -0.15) is 0 Å². The Morgan fingerprint density at radius 2 is 1.22 bits per heavy atom. The van der Waals surface area contributed by atoms with E-state index in [-0.39, 0.29) is 6.10 Å². The standard InChI is InChI=1S/C50H40N4O/c1-4-55-32(2)16-15-24-38-33(3)37-21-11-12-22-39(37)49-42(38)31-51-50(52-49)34-26-27-41-46(30-34)54(36-19-9-6-10-20-36)45-29-28-44-47(48(41)45)40-23-13-14-25-43(40)53(44)35-17-7-5-8-18-35/h5-15,17-32H,4,16H2,1-3H3/b24-15-. The number of fused-ring (bicyclic) bond motifs is 10. The summed E-state index contributed by atoms with van der Waals surface area (Å²) >= 11 is 0. The molecular weight excluding hydrogens is 673 g/mol. The van der Waals surface area contributed by atoms with Crippen LogP contribution in [0.15, 0.2) is 152 Å². The lowest BCUT2D eigenvalue weighted by Crippen LogP contribution is -2.05. The fourth-order valence-electron chi connectivity index (χ4n) is 8.65. The molecule has 3 aromatic heterocycles. The van der Waals surface area contributed by atoms with E-state index in [0.29, 0.717) is 12.4 Å². The maximum atomic E-state index is 5.80. The Balaban J connectivity index is 1.22. The second-order valence-corrected chi connectivity index (χ2v) is 14.4. The first-order chi connectivity index (χ1) is 27.1. The summed E-state index contributed by atoms with van der Waals surface area (Å²) < 4.78 is 10.6. The summed E-state index contributed by atoms with van der Waals surface area (Å²) in [5.74, 6) is 0.707. The van der Waals surface area contributed by atoms with E-state index in [2.05, 4.69) is 175 Å². The number of hydrogen-bond donors (Lipinski definition) is 0. The van der Waals surface area contributed by atoms with Crippen LogP contribution in [0.25, 0.3) is 94.1 Å². The van der Waals surface area contributed by atoms with E-state index in [9.17, 15) is 0 Å². The van der Waals surface area contributed by atoms with E-state index < -0.39 is 0 Å². The minimum atomic E-state index is 0.163. The number of aromatic nitrogens is 4. The minimum Gasteiger partial charge on any atom is -0.378 e. The van der Waals surface area contributed by atoms with Crippen LogP contribution in [0.4, 0.5) is 0 Å². The molecule has 0 fully saturated rings. The smallest absolute Gasteiger partial charge is 0.159 e. The van der Waals surface area contributed by atoms with E-state index in [4.69, 9.17) is 14.7 Å². The normalized spacial score (nSPS) is 12.7. The van der Waals surface area contributed by atoms with Gasteiger partial charge in [0.25, 0.3) is 0 Å². The molecule has 0 spiro atoms. The van der Waals surface area contributed by atoms with Gasteiger partial charge >= 0.3 is 0 Å². The van der Waals surface area contributed by atoms with E-state index in [0.717, 1.165) is 56.2 Å². The number of para-hydroxylation sites is 3. The van der Waals surface area contributed by atoms with Crippen LogP contribution in [0.5, 0.6) is 0 Å². The highest BCUT2D eigenvalue weighted by Gasteiger charge is 2.21. The van der Waals surface area contributed by atoms with Crippen molar-refractivity contribution in [2.45, 2.75) is 33.3 Å². The molecule has 5 heteroatoms. The van der Waals surface area contributed by atoms with Gasteiger partial charge in [-0.1, -0.05) is 103 Å². The Labute approximate surface area is 319 Å². The highest BCUT2D eigenvalue weighted by molar-refractivity contribution is 6.29. The third kappa shape index (κ3) is 5.34. The van der Waals surface area contributed by atoms with Crippen LogP contribution in [-0.2, 0) is 4.74 Å². The van der Waals surface area contributed by atoms with Crippen molar-refractivity contribution >= 4 is 71.4 Å². The van der Waals surface area contributed by atoms with Crippen molar-refractivity contribution in [3.05, 3.63) is 163 Å². The molecule has 0 aliphatic heterocycles. The Bertz CT molecular complexity index is 3100. The van der Waals surface area contributed by atoms with Gasteiger partial charge in [-0.3, -0.25) is 0 Å². The van der Waals surface area contributed by atoms with Crippen LogP contribution in [0.2, 0.25) is 0 Å². The topological polar surface area (TPSA) is 44.9 Å². The summed E-state index contributed by atoms with van der Waals surface area (Å²) in [6, 6.07) is 50.0. The first-order valence-electron chi connectivity index (χ1n) is 19.2. The van der Waals surface area contributed by atoms with Crippen molar-refractivity contribution in [3.8, 4) is 22.8 Å². The Morgan fingerprint density at radius 3 is 1.91 bits per heavy atom. The van der Waals surface area contributed by atoms with E-state index in [1.54, 1.807) is 0 Å². The van der Waals surface area contributed by atoms with Gasteiger partial charge in [0.05, 0.1) is 33.7 Å². The number of benzene rings is 7. The van der Waals surface area contributed by atoms with Crippen LogP contribution >= 0.6 is 0 Å². The zero-order valence-corrected chi connectivity index (χ0v) is 31.2. The second kappa shape index (κ2) is 13.4. The molecule has 0 aliphatic carbocycles. The fraction of sp³-hybridized carbons (Fsp3) is 0.120. The van der Waals surface area contributed by atoms with Gasteiger partial charge in [-0.05, 0) is 92.2 Å². The lowest BCUT2D eigenvalue weighted by Gasteiger charge is -2.13. The highest BCUT2D eigenvalue weighted by atomic mass is 16.5. The molecule has 55 heavy (non-hydrogen) atoms. The molecule has 0 saturated carbocycles. The third-order valence-corrected chi connectivity index (χ3v) is 11.1. The van der Waals surface area contributed by atoms with Crippen LogP contribution < -0.4 is 0 Å². The van der Waals surface area contributed by atoms with Gasteiger partial charge in [-0.15, -0.1) is 0 Å². The molecule has 0 aliphatic rings. The van der Waals surface area contributed by atoms with Crippen LogP contribution in [-0.4, -0.2) is 31.8 Å². The van der Waals surface area contributed by atoms with Crippen molar-refractivity contribution in [1.82, 2.24) is 19.1 Å². The SMILES string of the molecule is CCOC(C)C/C=C\c1c(C)c2ccccc2c2nc(-c3ccc4c5c6c7ccccc7n(-c7ccccc7)c6ccc5n(-c5ccccc5)c4c3)ncc12. The summed E-state index contributed by atoms with van der Waals surface area (Å²) in [4.78, 5) is 10.4. The molecule has 3 heterocycles. The van der Waals surface area contributed by atoms with Crippen molar-refractivity contribution in [2.75, 3.05) is 6.61 Å². The van der Waals surface area contributed by atoms with Crippen molar-refractivity contribution in [1.29, 1.82) is 0 Å². The molecule has 0 saturated heterocycles. The second-order valence-electron chi connectivity index (χ2n) is 14.4. The van der Waals surface area contributed by atoms with Gasteiger partial charge in [0.2, 0.25) is 0 Å². The lowest BCUT2D eigenvalue weighted by molar-refractivity contribution is 0.0788. The Hall–Kier alpha value is -6.56. The number of aryl methyl sites for hydroxylation is 1. The number of nitrogens with zero attached hydrogens (tertiary/aromatic N) is 4. The van der Waals surface area contributed by atoms with E-state index >= 15 is 0 Å². The van der Waals surface area contributed by atoms with Crippen molar-refractivity contribution in [3.63, 3.8) is 0 Å². The van der Waals surface area contributed by atoms with Crippen LogP contribution in [0, 0.1) is 6.92 Å². The van der Waals surface area contributed by atoms with E-state index in [1.165, 1.54) is 43.5 Å². The van der Waals surface area contributed by atoms with Gasteiger partial charge in [0.1, 0.15) is 0 Å². The fourth-order valence-corrected chi connectivity index (χ4v) is 8.65. The quantitative estimate of drug-likeness (QED) is 0.147. The zero-order chi connectivity index (χ0) is 37.0. The third-order valence-electron chi connectivity index (χ3n) is 11.1. The molecule has 7 aromatic carbocycles. The van der Waals surface area contributed by atoms with Crippen LogP contribution in [0.1, 0.15) is 31.4 Å². The maximum Gasteiger partial charge on any atom is 0.159 e. The molecule has 0 bridgehead atoms. The highest BCUT2D eigenvalue weighted by Crippen LogP contribution is 2.43. The predicted molar refractivity (Wildman–Crippen MR) is 231 cm³/mol. The minimum absolute atomic E-state index is 0.163. The zero-order valence-electron chi connectivity index (χ0n) is 31.2. The summed E-state index contributed by atoms with van der Waals surface area (Å²) in [6.45, 7) is 7.07. The lowest BCUT2D eigenvalue weighted by atomic mass is 9.95. The van der Waals surface area contributed by atoms with Crippen molar-refractivity contribution < 1.29 is 4.74 Å². The van der Waals surface area contributed by atoms with Gasteiger partial charge in [-0.25, -0.2) is 9.97 Å². The summed E-state index contributed by atoms with van der Waals surface area (Å²) in [7, 11) is 0. The predicted octanol–water partition coefficient (Wildman–Crippen LogP) is 12.8. The number of rotatable bonds is 8. The Morgan fingerprint density at radius 1 is 0.618 bits per heavy atom. The summed E-state index contributed by atoms with van der Waals surface area (Å²) in [5, 5.41) is 8.32. The van der Waals surface area contributed by atoms with Gasteiger partial charge < -0.3 is 13.9 Å². The number of ether oxygens (including phenoxy) is 1. The number of hydrogen-bond acceptors (Lipinski definition) is 3. The molecule has 266 valence electrons. The molecule has 5 nitrogen and oxygen atoms in total. The van der Waals surface area contributed by atoms with E-state index in [1.807, 2.05) is 13.1 Å². The van der Waals surface area contributed by atoms with Gasteiger partial charge in [0.15, 0.2) is 5.82 Å². The largest absolute Gasteiger partial charge is 0.378 e. The summed E-state index contributed by atoms with van der Waals surface area (Å²) in [5.41, 5.74) is 11.2. The maximum absolute atomic E-state index is 5.80. The average molecular weight is 713 g/mol. The molecule has 0 amide bonds. The first kappa shape index (κ1) is 33.0. The molecule has 0 N–H and O–H groups in total. The molecule has 10 aromatic rings. The van der Waals surface area contributed by atoms with Gasteiger partial charge in [0, 0.05) is 62.1 Å².